The van der Waals surface area contributed by atoms with Crippen molar-refractivity contribution in [2.75, 3.05) is 13.1 Å². The molecule has 0 saturated carbocycles. The van der Waals surface area contributed by atoms with Crippen molar-refractivity contribution >= 4 is 5.84 Å². The Kier molecular flexibility index (Phi) is 5.20. The number of aliphatic imine (C=N–C) groups is 1. The van der Waals surface area contributed by atoms with Crippen molar-refractivity contribution in [3.8, 4) is 0 Å². The van der Waals surface area contributed by atoms with E-state index in [1.54, 1.807) is 0 Å². The van der Waals surface area contributed by atoms with Crippen molar-refractivity contribution in [3.63, 3.8) is 0 Å². The summed E-state index contributed by atoms with van der Waals surface area (Å²) >= 11 is 0. The summed E-state index contributed by atoms with van der Waals surface area (Å²) in [6.07, 6.45) is 4.58. The zero-order valence-corrected chi connectivity index (χ0v) is 12.7. The third kappa shape index (κ3) is 3.97. The number of aliphatic hydroxyl groups is 2. The molecule has 0 saturated heterocycles. The first-order valence-electron chi connectivity index (χ1n) is 7.50. The van der Waals surface area contributed by atoms with Gasteiger partial charge >= 0.3 is 0 Å². The van der Waals surface area contributed by atoms with Gasteiger partial charge in [0, 0.05) is 12.2 Å². The van der Waals surface area contributed by atoms with Crippen LogP contribution >= 0.6 is 0 Å². The molecule has 2 rings (SSSR count). The average Bonchev–Trinajstić information content (AvgIpc) is 2.47. The van der Waals surface area contributed by atoms with Gasteiger partial charge in [-0.3, -0.25) is 0 Å². The van der Waals surface area contributed by atoms with Crippen molar-refractivity contribution in [1.29, 1.82) is 0 Å². The molecule has 0 radical (unpaired) electrons. The van der Waals surface area contributed by atoms with E-state index in [2.05, 4.69) is 16.9 Å². The Labute approximate surface area is 125 Å². The molecular formula is C16H23N3O2. The average molecular weight is 289 g/mol. The summed E-state index contributed by atoms with van der Waals surface area (Å²) in [6.45, 7) is 5.18. The lowest BCUT2D eigenvalue weighted by molar-refractivity contribution is 0.265. The Morgan fingerprint density at radius 3 is 2.71 bits per heavy atom. The Bertz CT molecular complexity index is 552. The second-order valence-electron chi connectivity index (χ2n) is 5.35. The van der Waals surface area contributed by atoms with Crippen molar-refractivity contribution in [2.24, 2.45) is 4.99 Å². The quantitative estimate of drug-likeness (QED) is 0.788. The molecule has 2 N–H and O–H groups in total. The summed E-state index contributed by atoms with van der Waals surface area (Å²) in [4.78, 5) is 10.6. The number of pyridine rings is 1. The molecule has 1 aromatic heterocycles. The predicted octanol–water partition coefficient (Wildman–Crippen LogP) is 3.32. The minimum absolute atomic E-state index is 0.0816. The highest BCUT2D eigenvalue weighted by Gasteiger charge is 2.23. The van der Waals surface area contributed by atoms with Crippen LogP contribution in [0.1, 0.15) is 44.0 Å². The van der Waals surface area contributed by atoms with Crippen LogP contribution < -0.4 is 0 Å². The van der Waals surface area contributed by atoms with Crippen LogP contribution in [0, 0.1) is 6.92 Å². The number of aryl methyl sites for hydroxylation is 1. The van der Waals surface area contributed by atoms with Gasteiger partial charge in [-0.05, 0) is 25.5 Å². The number of nitrogens with zero attached hydrogens (tertiary/aromatic N) is 3. The number of rotatable bonds is 6. The minimum Gasteiger partial charge on any atom is -0.506 e. The van der Waals surface area contributed by atoms with Gasteiger partial charge in [-0.1, -0.05) is 32.3 Å². The zero-order valence-electron chi connectivity index (χ0n) is 12.7. The highest BCUT2D eigenvalue weighted by atomic mass is 16.3. The molecule has 0 aromatic carbocycles. The summed E-state index contributed by atoms with van der Waals surface area (Å²) < 4.78 is 0. The van der Waals surface area contributed by atoms with E-state index in [9.17, 15) is 10.2 Å². The first-order valence-corrected chi connectivity index (χ1v) is 7.50. The van der Waals surface area contributed by atoms with E-state index < -0.39 is 0 Å². The zero-order chi connectivity index (χ0) is 15.2. The number of aromatic nitrogens is 1. The van der Waals surface area contributed by atoms with E-state index in [0.717, 1.165) is 30.8 Å². The lowest BCUT2D eigenvalue weighted by Crippen LogP contribution is -2.38. The smallest absolute Gasteiger partial charge is 0.253 e. The second-order valence-corrected chi connectivity index (χ2v) is 5.35. The molecule has 1 aliphatic heterocycles. The van der Waals surface area contributed by atoms with E-state index in [-0.39, 0.29) is 18.2 Å². The van der Waals surface area contributed by atoms with Crippen LogP contribution in [0.2, 0.25) is 0 Å². The molecule has 1 aliphatic rings. The van der Waals surface area contributed by atoms with Gasteiger partial charge in [0.25, 0.3) is 5.88 Å². The van der Waals surface area contributed by atoms with Crippen LogP contribution in [0.25, 0.3) is 0 Å². The molecule has 114 valence electrons. The molecule has 5 heteroatoms. The van der Waals surface area contributed by atoms with Gasteiger partial charge in [-0.2, -0.15) is 4.99 Å². The Morgan fingerprint density at radius 2 is 2.00 bits per heavy atom. The third-order valence-electron chi connectivity index (χ3n) is 3.51. The highest BCUT2D eigenvalue weighted by molar-refractivity contribution is 5.98. The predicted molar refractivity (Wildman–Crippen MR) is 83.5 cm³/mol. The van der Waals surface area contributed by atoms with Gasteiger partial charge in [0.1, 0.15) is 5.69 Å². The van der Waals surface area contributed by atoms with Crippen molar-refractivity contribution in [3.05, 3.63) is 41.2 Å². The molecule has 2 heterocycles. The van der Waals surface area contributed by atoms with Crippen LogP contribution in [0.3, 0.4) is 0 Å². The molecule has 0 unspecified atom stereocenters. The largest absolute Gasteiger partial charge is 0.506 e. The van der Waals surface area contributed by atoms with Crippen LogP contribution in [0.4, 0.5) is 0 Å². The molecule has 0 fully saturated rings. The van der Waals surface area contributed by atoms with Crippen molar-refractivity contribution in [1.82, 2.24) is 9.88 Å². The molecule has 21 heavy (non-hydrogen) atoms. The van der Waals surface area contributed by atoms with Crippen LogP contribution in [-0.4, -0.2) is 39.0 Å². The Morgan fingerprint density at radius 1 is 1.19 bits per heavy atom. The maximum absolute atomic E-state index is 9.73. The van der Waals surface area contributed by atoms with Crippen LogP contribution in [0.15, 0.2) is 34.8 Å². The van der Waals surface area contributed by atoms with Crippen LogP contribution in [0.5, 0.6) is 0 Å². The first-order chi connectivity index (χ1) is 10.1. The fourth-order valence-electron chi connectivity index (χ4n) is 2.36. The van der Waals surface area contributed by atoms with Gasteiger partial charge in [-0.25, -0.2) is 4.98 Å². The lowest BCUT2D eigenvalue weighted by atomic mass is 10.1. The van der Waals surface area contributed by atoms with E-state index in [0.29, 0.717) is 5.84 Å². The van der Waals surface area contributed by atoms with Crippen LogP contribution in [-0.2, 0) is 0 Å². The van der Waals surface area contributed by atoms with E-state index >= 15 is 0 Å². The van der Waals surface area contributed by atoms with E-state index in [1.165, 1.54) is 12.8 Å². The minimum atomic E-state index is -0.307. The summed E-state index contributed by atoms with van der Waals surface area (Å²) in [5.74, 6) is 0.241. The number of hydrogen-bond acceptors (Lipinski definition) is 5. The SMILES string of the molecule is CCCCCCN1CC(O)=C(O)N=C1c1cccc(C)n1. The summed E-state index contributed by atoms with van der Waals surface area (Å²) in [6, 6.07) is 5.72. The summed E-state index contributed by atoms with van der Waals surface area (Å²) in [5.41, 5.74) is 1.63. The maximum atomic E-state index is 9.73. The monoisotopic (exact) mass is 289 g/mol. The molecule has 0 atom stereocenters. The van der Waals surface area contributed by atoms with E-state index in [1.807, 2.05) is 30.0 Å². The standard InChI is InChI=1S/C16H23N3O2/c1-3-4-5-6-10-19-11-14(20)16(21)18-15(19)13-9-7-8-12(2)17-13/h7-9,20-21H,3-6,10-11H2,1-2H3. The fraction of sp³-hybridized carbons (Fsp3) is 0.500. The number of amidine groups is 1. The van der Waals surface area contributed by atoms with Crippen molar-refractivity contribution < 1.29 is 10.2 Å². The van der Waals surface area contributed by atoms with E-state index in [4.69, 9.17) is 0 Å². The highest BCUT2D eigenvalue weighted by Crippen LogP contribution is 2.17. The number of aliphatic hydroxyl groups excluding tert-OH is 2. The Hall–Kier alpha value is -2.04. The van der Waals surface area contributed by atoms with Gasteiger partial charge in [-0.15, -0.1) is 0 Å². The summed E-state index contributed by atoms with van der Waals surface area (Å²) in [5, 5.41) is 19.4. The molecule has 1 aromatic rings. The lowest BCUT2D eigenvalue weighted by Gasteiger charge is -2.28. The number of unbranched alkanes of at least 4 members (excludes halogenated alkanes) is 3. The Balaban J connectivity index is 2.17. The van der Waals surface area contributed by atoms with Gasteiger partial charge in [0.05, 0.1) is 6.54 Å². The fourth-order valence-corrected chi connectivity index (χ4v) is 2.36. The number of hydrogen-bond donors (Lipinski definition) is 2. The van der Waals surface area contributed by atoms with Gasteiger partial charge in [0.15, 0.2) is 11.6 Å². The topological polar surface area (TPSA) is 69.0 Å². The second kappa shape index (κ2) is 7.11. The summed E-state index contributed by atoms with van der Waals surface area (Å²) in [7, 11) is 0. The third-order valence-corrected chi connectivity index (χ3v) is 3.51. The first kappa shape index (κ1) is 15.4. The molecule has 0 bridgehead atoms. The molecule has 0 aliphatic carbocycles. The molecular weight excluding hydrogens is 266 g/mol. The molecule has 5 nitrogen and oxygen atoms in total. The van der Waals surface area contributed by atoms with Gasteiger partial charge in [0.2, 0.25) is 0 Å². The maximum Gasteiger partial charge on any atom is 0.253 e. The van der Waals surface area contributed by atoms with Crippen molar-refractivity contribution in [2.45, 2.75) is 39.5 Å². The molecule has 0 spiro atoms. The normalized spacial score (nSPS) is 15.3. The molecule has 0 amide bonds. The van der Waals surface area contributed by atoms with Gasteiger partial charge < -0.3 is 15.1 Å².